The van der Waals surface area contributed by atoms with E-state index in [1.807, 2.05) is 17.2 Å². The summed E-state index contributed by atoms with van der Waals surface area (Å²) in [5, 5.41) is 2.75. The first kappa shape index (κ1) is 17.4. The summed E-state index contributed by atoms with van der Waals surface area (Å²) >= 11 is 1.51. The number of hydrogen-bond acceptors (Lipinski definition) is 7. The van der Waals surface area contributed by atoms with Gasteiger partial charge in [0.05, 0.1) is 24.7 Å². The van der Waals surface area contributed by atoms with E-state index in [9.17, 15) is 4.79 Å². The molecule has 0 aliphatic carbocycles. The van der Waals surface area contributed by atoms with E-state index in [1.165, 1.54) is 11.3 Å². The van der Waals surface area contributed by atoms with Gasteiger partial charge in [0, 0.05) is 24.4 Å². The fourth-order valence-corrected chi connectivity index (χ4v) is 4.28. The number of aromatic nitrogens is 3. The first-order valence-electron chi connectivity index (χ1n) is 8.89. The third-order valence-corrected chi connectivity index (χ3v) is 5.75. The number of carbonyl (C=O) groups is 1. The average molecular weight is 374 g/mol. The van der Waals surface area contributed by atoms with Crippen molar-refractivity contribution in [2.75, 3.05) is 26.3 Å². The van der Waals surface area contributed by atoms with E-state index in [0.29, 0.717) is 37.3 Å². The van der Waals surface area contributed by atoms with Crippen LogP contribution in [0.25, 0.3) is 0 Å². The molecule has 1 atom stereocenters. The smallest absolute Gasteiger partial charge is 0.316 e. The van der Waals surface area contributed by atoms with Gasteiger partial charge in [-0.15, -0.1) is 11.3 Å². The number of thiazole rings is 1. The second-order valence-electron chi connectivity index (χ2n) is 6.97. The van der Waals surface area contributed by atoms with Crippen LogP contribution in [0.3, 0.4) is 0 Å². The molecule has 4 heterocycles. The predicted molar refractivity (Wildman–Crippen MR) is 96.3 cm³/mol. The van der Waals surface area contributed by atoms with Crippen molar-refractivity contribution >= 4 is 17.2 Å². The van der Waals surface area contributed by atoms with Crippen LogP contribution in [0.4, 0.5) is 0 Å². The first-order chi connectivity index (χ1) is 12.6. The molecule has 0 radical (unpaired) electrons. The molecule has 2 saturated heterocycles. The highest BCUT2D eigenvalue weighted by atomic mass is 32.1. The summed E-state index contributed by atoms with van der Waals surface area (Å²) in [7, 11) is 0. The molecule has 2 fully saturated rings. The van der Waals surface area contributed by atoms with E-state index in [1.54, 1.807) is 18.5 Å². The van der Waals surface area contributed by atoms with Crippen LogP contribution in [0.2, 0.25) is 0 Å². The minimum absolute atomic E-state index is 0.00950. The Balaban J connectivity index is 1.26. The highest BCUT2D eigenvalue weighted by molar-refractivity contribution is 7.09. The van der Waals surface area contributed by atoms with E-state index >= 15 is 0 Å². The SMILES string of the molecule is Cc1nc(C(=O)N2CC3(CC(CCOc4ncccn4)CCO3)C2)cs1. The van der Waals surface area contributed by atoms with Crippen molar-refractivity contribution in [1.82, 2.24) is 19.9 Å². The predicted octanol–water partition coefficient (Wildman–Crippen LogP) is 2.33. The second-order valence-corrected chi connectivity index (χ2v) is 8.03. The molecular formula is C18H22N4O3S. The van der Waals surface area contributed by atoms with Gasteiger partial charge in [0.2, 0.25) is 0 Å². The number of aryl methyl sites for hydroxylation is 1. The summed E-state index contributed by atoms with van der Waals surface area (Å²) in [5.41, 5.74) is 0.360. The van der Waals surface area contributed by atoms with E-state index in [4.69, 9.17) is 9.47 Å². The third kappa shape index (κ3) is 3.71. The van der Waals surface area contributed by atoms with Gasteiger partial charge >= 0.3 is 6.01 Å². The molecule has 2 aromatic heterocycles. The van der Waals surface area contributed by atoms with Gasteiger partial charge in [0.1, 0.15) is 11.3 Å². The number of amides is 1. The Morgan fingerprint density at radius 1 is 1.42 bits per heavy atom. The van der Waals surface area contributed by atoms with Crippen LogP contribution in [0, 0.1) is 12.8 Å². The Labute approximate surface area is 156 Å². The zero-order chi connectivity index (χ0) is 18.0. The minimum Gasteiger partial charge on any atom is -0.463 e. The van der Waals surface area contributed by atoms with Gasteiger partial charge in [0.25, 0.3) is 5.91 Å². The highest BCUT2D eigenvalue weighted by Gasteiger charge is 2.49. The standard InChI is InChI=1S/C18H22N4O3S/c1-13-21-15(10-26-13)16(23)22-11-18(12-22)9-14(4-8-25-18)3-7-24-17-19-5-2-6-20-17/h2,5-6,10,14H,3-4,7-9,11-12H2,1H3. The van der Waals surface area contributed by atoms with Crippen molar-refractivity contribution in [3.05, 3.63) is 34.5 Å². The van der Waals surface area contributed by atoms with E-state index in [-0.39, 0.29) is 11.5 Å². The summed E-state index contributed by atoms with van der Waals surface area (Å²) in [4.78, 5) is 26.7. The summed E-state index contributed by atoms with van der Waals surface area (Å²) in [6.45, 7) is 4.56. The molecule has 2 aromatic rings. The summed E-state index contributed by atoms with van der Waals surface area (Å²) in [6.07, 6.45) is 6.29. The van der Waals surface area contributed by atoms with Gasteiger partial charge in [0.15, 0.2) is 0 Å². The Bertz CT molecular complexity index is 761. The number of likely N-dealkylation sites (tertiary alicyclic amines) is 1. The molecular weight excluding hydrogens is 352 g/mol. The van der Waals surface area contributed by atoms with Crippen molar-refractivity contribution in [3.63, 3.8) is 0 Å². The van der Waals surface area contributed by atoms with E-state index in [0.717, 1.165) is 30.9 Å². The van der Waals surface area contributed by atoms with Crippen LogP contribution in [0.1, 0.15) is 34.8 Å². The van der Waals surface area contributed by atoms with Gasteiger partial charge in [-0.25, -0.2) is 15.0 Å². The van der Waals surface area contributed by atoms with Crippen LogP contribution in [-0.4, -0.2) is 57.7 Å². The number of carbonyl (C=O) groups excluding carboxylic acids is 1. The normalized spacial score (nSPS) is 21.4. The maximum atomic E-state index is 12.5. The third-order valence-electron chi connectivity index (χ3n) is 4.98. The van der Waals surface area contributed by atoms with Gasteiger partial charge in [-0.05, 0) is 38.2 Å². The zero-order valence-corrected chi connectivity index (χ0v) is 15.6. The molecule has 0 saturated carbocycles. The van der Waals surface area contributed by atoms with Crippen molar-refractivity contribution in [2.24, 2.45) is 5.92 Å². The molecule has 8 heteroatoms. The maximum absolute atomic E-state index is 12.5. The summed E-state index contributed by atoms with van der Waals surface area (Å²) < 4.78 is 11.7. The summed E-state index contributed by atoms with van der Waals surface area (Å²) in [5.74, 6) is 0.543. The monoisotopic (exact) mass is 374 g/mol. The van der Waals surface area contributed by atoms with Crippen molar-refractivity contribution in [3.8, 4) is 6.01 Å². The number of nitrogens with zero attached hydrogens (tertiary/aromatic N) is 4. The van der Waals surface area contributed by atoms with Crippen molar-refractivity contribution in [1.29, 1.82) is 0 Å². The van der Waals surface area contributed by atoms with Gasteiger partial charge < -0.3 is 14.4 Å². The fourth-order valence-electron chi connectivity index (χ4n) is 3.69. The number of hydrogen-bond donors (Lipinski definition) is 0. The van der Waals surface area contributed by atoms with Gasteiger partial charge in [-0.2, -0.15) is 0 Å². The topological polar surface area (TPSA) is 77.4 Å². The van der Waals surface area contributed by atoms with E-state index in [2.05, 4.69) is 15.0 Å². The Morgan fingerprint density at radius 3 is 2.96 bits per heavy atom. The van der Waals surface area contributed by atoms with Crippen LogP contribution >= 0.6 is 11.3 Å². The number of rotatable bonds is 5. The Morgan fingerprint density at radius 2 is 2.23 bits per heavy atom. The average Bonchev–Trinajstić information content (AvgIpc) is 3.07. The Hall–Kier alpha value is -2.06. The van der Waals surface area contributed by atoms with Crippen molar-refractivity contribution in [2.45, 2.75) is 31.8 Å². The molecule has 138 valence electrons. The molecule has 7 nitrogen and oxygen atoms in total. The highest BCUT2D eigenvalue weighted by Crippen LogP contribution is 2.38. The number of ether oxygens (including phenoxy) is 2. The molecule has 2 aliphatic rings. The molecule has 1 spiro atoms. The van der Waals surface area contributed by atoms with E-state index < -0.39 is 0 Å². The molecule has 0 aromatic carbocycles. The lowest BCUT2D eigenvalue weighted by atomic mass is 9.79. The van der Waals surface area contributed by atoms with Crippen LogP contribution in [0.15, 0.2) is 23.8 Å². The van der Waals surface area contributed by atoms with Gasteiger partial charge in [-0.3, -0.25) is 4.79 Å². The largest absolute Gasteiger partial charge is 0.463 e. The van der Waals surface area contributed by atoms with Crippen molar-refractivity contribution < 1.29 is 14.3 Å². The second kappa shape index (κ2) is 7.28. The molecule has 1 amide bonds. The molecule has 4 rings (SSSR count). The minimum atomic E-state index is -0.188. The van der Waals surface area contributed by atoms with Crippen LogP contribution in [-0.2, 0) is 4.74 Å². The van der Waals surface area contributed by atoms with Crippen LogP contribution in [0.5, 0.6) is 6.01 Å². The zero-order valence-electron chi connectivity index (χ0n) is 14.8. The first-order valence-corrected chi connectivity index (χ1v) is 9.77. The molecule has 2 aliphatic heterocycles. The molecule has 26 heavy (non-hydrogen) atoms. The lowest BCUT2D eigenvalue weighted by Crippen LogP contribution is -2.66. The Kier molecular flexibility index (Phi) is 4.86. The molecule has 0 N–H and O–H groups in total. The lowest BCUT2D eigenvalue weighted by molar-refractivity contribution is -0.166. The van der Waals surface area contributed by atoms with Crippen LogP contribution < -0.4 is 4.74 Å². The lowest BCUT2D eigenvalue weighted by Gasteiger charge is -2.53. The molecule has 0 bridgehead atoms. The summed E-state index contributed by atoms with van der Waals surface area (Å²) in [6, 6.07) is 2.19. The maximum Gasteiger partial charge on any atom is 0.316 e. The quantitative estimate of drug-likeness (QED) is 0.799. The van der Waals surface area contributed by atoms with Gasteiger partial charge in [-0.1, -0.05) is 0 Å². The fraction of sp³-hybridized carbons (Fsp3) is 0.556. The molecule has 1 unspecified atom stereocenters.